The molecule has 0 aliphatic heterocycles. The van der Waals surface area contributed by atoms with Crippen LogP contribution in [0, 0.1) is 5.92 Å². The van der Waals surface area contributed by atoms with Crippen LogP contribution in [0.2, 0.25) is 0 Å². The molecule has 0 bridgehead atoms. The van der Waals surface area contributed by atoms with Crippen molar-refractivity contribution in [3.05, 3.63) is 24.0 Å². The standard InChI is InChI=1S/C11H18N2O2/c1-8(2)11(7-14)13-5-9-3-4-10(15)6-12-9/h3-4,6,8,11,13-15H,5,7H2,1-2H3/t11-/m1/s1. The van der Waals surface area contributed by atoms with Crippen LogP contribution in [0.1, 0.15) is 19.5 Å². The van der Waals surface area contributed by atoms with E-state index in [0.717, 1.165) is 5.69 Å². The van der Waals surface area contributed by atoms with Gasteiger partial charge in [0.25, 0.3) is 0 Å². The molecule has 1 heterocycles. The van der Waals surface area contributed by atoms with Crippen molar-refractivity contribution in [3.63, 3.8) is 0 Å². The number of rotatable bonds is 5. The average molecular weight is 210 g/mol. The zero-order valence-electron chi connectivity index (χ0n) is 9.14. The summed E-state index contributed by atoms with van der Waals surface area (Å²) in [6.07, 6.45) is 1.42. The first kappa shape index (κ1) is 11.9. The number of aliphatic hydroxyl groups is 1. The highest BCUT2D eigenvalue weighted by molar-refractivity contribution is 5.17. The molecule has 0 amide bonds. The Morgan fingerprint density at radius 3 is 2.60 bits per heavy atom. The summed E-state index contributed by atoms with van der Waals surface area (Å²) in [7, 11) is 0. The van der Waals surface area contributed by atoms with Gasteiger partial charge in [0.2, 0.25) is 0 Å². The molecule has 1 rings (SSSR count). The van der Waals surface area contributed by atoms with Crippen LogP contribution in [0.3, 0.4) is 0 Å². The van der Waals surface area contributed by atoms with Gasteiger partial charge in [0.15, 0.2) is 0 Å². The van der Waals surface area contributed by atoms with E-state index in [1.165, 1.54) is 6.20 Å². The van der Waals surface area contributed by atoms with E-state index < -0.39 is 0 Å². The molecule has 4 heteroatoms. The van der Waals surface area contributed by atoms with Gasteiger partial charge in [-0.1, -0.05) is 13.8 Å². The maximum absolute atomic E-state index is 9.10. The molecule has 1 atom stereocenters. The number of aliphatic hydroxyl groups excluding tert-OH is 1. The van der Waals surface area contributed by atoms with Gasteiger partial charge in [0.05, 0.1) is 18.5 Å². The van der Waals surface area contributed by atoms with Crippen molar-refractivity contribution in [2.75, 3.05) is 6.61 Å². The fraction of sp³-hybridized carbons (Fsp3) is 0.545. The molecule has 0 spiro atoms. The van der Waals surface area contributed by atoms with Crippen molar-refractivity contribution in [3.8, 4) is 5.75 Å². The normalized spacial score (nSPS) is 13.1. The molecule has 0 radical (unpaired) electrons. The Hall–Kier alpha value is -1.13. The van der Waals surface area contributed by atoms with Crippen molar-refractivity contribution >= 4 is 0 Å². The van der Waals surface area contributed by atoms with Gasteiger partial charge in [-0.05, 0) is 18.1 Å². The minimum atomic E-state index is 0.0839. The first-order valence-corrected chi connectivity index (χ1v) is 5.11. The van der Waals surface area contributed by atoms with Crippen molar-refractivity contribution in [1.29, 1.82) is 0 Å². The largest absolute Gasteiger partial charge is 0.506 e. The summed E-state index contributed by atoms with van der Waals surface area (Å²) in [6, 6.07) is 3.45. The zero-order valence-corrected chi connectivity index (χ0v) is 9.14. The third-order valence-electron chi connectivity index (χ3n) is 2.36. The molecule has 0 aliphatic rings. The molecule has 0 saturated carbocycles. The molecule has 84 valence electrons. The van der Waals surface area contributed by atoms with E-state index >= 15 is 0 Å². The SMILES string of the molecule is CC(C)[C@@H](CO)NCc1ccc(O)cn1. The maximum atomic E-state index is 9.10. The van der Waals surface area contributed by atoms with E-state index in [4.69, 9.17) is 10.2 Å². The Morgan fingerprint density at radius 2 is 2.13 bits per heavy atom. The third-order valence-corrected chi connectivity index (χ3v) is 2.36. The van der Waals surface area contributed by atoms with Crippen LogP contribution in [-0.2, 0) is 6.54 Å². The van der Waals surface area contributed by atoms with Crippen LogP contribution in [-0.4, -0.2) is 27.8 Å². The molecular formula is C11H18N2O2. The number of aromatic nitrogens is 1. The van der Waals surface area contributed by atoms with Gasteiger partial charge in [-0.3, -0.25) is 4.98 Å². The lowest BCUT2D eigenvalue weighted by molar-refractivity contribution is 0.209. The molecule has 15 heavy (non-hydrogen) atoms. The van der Waals surface area contributed by atoms with Gasteiger partial charge in [-0.15, -0.1) is 0 Å². The monoisotopic (exact) mass is 210 g/mol. The van der Waals surface area contributed by atoms with Gasteiger partial charge in [-0.25, -0.2) is 0 Å². The van der Waals surface area contributed by atoms with Gasteiger partial charge < -0.3 is 15.5 Å². The second-order valence-corrected chi connectivity index (χ2v) is 3.92. The number of nitrogens with zero attached hydrogens (tertiary/aromatic N) is 1. The number of aromatic hydroxyl groups is 1. The van der Waals surface area contributed by atoms with E-state index in [2.05, 4.69) is 24.1 Å². The Labute approximate surface area is 90.0 Å². The zero-order chi connectivity index (χ0) is 11.3. The first-order chi connectivity index (χ1) is 7.13. The Kier molecular flexibility index (Phi) is 4.52. The summed E-state index contributed by atoms with van der Waals surface area (Å²) in [6.45, 7) is 4.83. The number of hydrogen-bond donors (Lipinski definition) is 3. The molecule has 0 aromatic carbocycles. The van der Waals surface area contributed by atoms with Crippen molar-refractivity contribution < 1.29 is 10.2 Å². The molecule has 3 N–H and O–H groups in total. The van der Waals surface area contributed by atoms with E-state index in [-0.39, 0.29) is 18.4 Å². The molecule has 4 nitrogen and oxygen atoms in total. The predicted octanol–water partition coefficient (Wildman–Crippen LogP) is 0.894. The highest BCUT2D eigenvalue weighted by atomic mass is 16.3. The number of pyridine rings is 1. The van der Waals surface area contributed by atoms with Crippen LogP contribution in [0.4, 0.5) is 0 Å². The second kappa shape index (κ2) is 5.68. The Morgan fingerprint density at radius 1 is 1.40 bits per heavy atom. The predicted molar refractivity (Wildman–Crippen MR) is 58.5 cm³/mol. The summed E-state index contributed by atoms with van der Waals surface area (Å²) in [5.41, 5.74) is 0.854. The molecule has 0 saturated heterocycles. The molecule has 0 fully saturated rings. The summed E-state index contributed by atoms with van der Waals surface area (Å²) >= 11 is 0. The number of hydrogen-bond acceptors (Lipinski definition) is 4. The fourth-order valence-electron chi connectivity index (χ4n) is 1.27. The minimum Gasteiger partial charge on any atom is -0.506 e. The van der Waals surface area contributed by atoms with Gasteiger partial charge in [0, 0.05) is 12.6 Å². The topological polar surface area (TPSA) is 65.4 Å². The summed E-state index contributed by atoms with van der Waals surface area (Å²) in [5, 5.41) is 21.4. The van der Waals surface area contributed by atoms with Crippen LogP contribution in [0.15, 0.2) is 18.3 Å². The summed E-state index contributed by atoms with van der Waals surface area (Å²) in [4.78, 5) is 4.05. The Balaban J connectivity index is 2.45. The maximum Gasteiger partial charge on any atom is 0.133 e. The van der Waals surface area contributed by atoms with Gasteiger partial charge in [-0.2, -0.15) is 0 Å². The van der Waals surface area contributed by atoms with E-state index in [1.54, 1.807) is 12.1 Å². The lowest BCUT2D eigenvalue weighted by atomic mass is 10.1. The van der Waals surface area contributed by atoms with Gasteiger partial charge >= 0.3 is 0 Å². The number of nitrogens with one attached hydrogen (secondary N) is 1. The molecule has 0 aliphatic carbocycles. The lowest BCUT2D eigenvalue weighted by Crippen LogP contribution is -2.36. The van der Waals surface area contributed by atoms with Crippen LogP contribution < -0.4 is 5.32 Å². The third kappa shape index (κ3) is 3.85. The van der Waals surface area contributed by atoms with Gasteiger partial charge in [0.1, 0.15) is 5.75 Å². The van der Waals surface area contributed by atoms with Crippen LogP contribution >= 0.6 is 0 Å². The van der Waals surface area contributed by atoms with Crippen LogP contribution in [0.25, 0.3) is 0 Å². The molecule has 1 aromatic rings. The summed E-state index contributed by atoms with van der Waals surface area (Å²) < 4.78 is 0. The van der Waals surface area contributed by atoms with Crippen molar-refractivity contribution in [2.24, 2.45) is 5.92 Å². The molecule has 1 aromatic heterocycles. The highest BCUT2D eigenvalue weighted by Gasteiger charge is 2.10. The summed E-state index contributed by atoms with van der Waals surface area (Å²) in [5.74, 6) is 0.549. The van der Waals surface area contributed by atoms with E-state index in [1.807, 2.05) is 0 Å². The lowest BCUT2D eigenvalue weighted by Gasteiger charge is -2.19. The highest BCUT2D eigenvalue weighted by Crippen LogP contribution is 2.07. The quantitative estimate of drug-likeness (QED) is 0.675. The molecule has 0 unspecified atom stereocenters. The Bertz CT molecular complexity index is 285. The second-order valence-electron chi connectivity index (χ2n) is 3.92. The minimum absolute atomic E-state index is 0.0839. The van der Waals surface area contributed by atoms with E-state index in [0.29, 0.717) is 12.5 Å². The van der Waals surface area contributed by atoms with E-state index in [9.17, 15) is 0 Å². The smallest absolute Gasteiger partial charge is 0.133 e. The average Bonchev–Trinajstić information content (AvgIpc) is 2.21. The molecular weight excluding hydrogens is 192 g/mol. The first-order valence-electron chi connectivity index (χ1n) is 5.11. The van der Waals surface area contributed by atoms with Crippen molar-refractivity contribution in [2.45, 2.75) is 26.4 Å². The van der Waals surface area contributed by atoms with Crippen LogP contribution in [0.5, 0.6) is 5.75 Å². The van der Waals surface area contributed by atoms with Crippen molar-refractivity contribution in [1.82, 2.24) is 10.3 Å². The fourth-order valence-corrected chi connectivity index (χ4v) is 1.27.